The number of aromatic nitrogens is 2. The molecule has 2 rings (SSSR count). The smallest absolute Gasteiger partial charge is 0.267 e. The maximum atomic E-state index is 11.9. The number of aryl methyl sites for hydroxylation is 2. The van der Waals surface area contributed by atoms with Crippen molar-refractivity contribution in [1.29, 1.82) is 0 Å². The quantitative estimate of drug-likeness (QED) is 0.811. The minimum atomic E-state index is -0.169. The standard InChI is InChI=1S/C14H21N3O3/c1-2-20-10-13(18)15-7-8-17-14(19)9-11-5-3-4-6-12(11)16-17/h9H,2-8,10H2,1H3,(H,15,18). The van der Waals surface area contributed by atoms with E-state index in [2.05, 4.69) is 10.4 Å². The van der Waals surface area contributed by atoms with Crippen LogP contribution in [0.4, 0.5) is 0 Å². The predicted octanol–water partition coefficient (Wildman–Crippen LogP) is 0.275. The van der Waals surface area contributed by atoms with Crippen molar-refractivity contribution in [3.8, 4) is 0 Å². The van der Waals surface area contributed by atoms with E-state index in [-0.39, 0.29) is 18.1 Å². The van der Waals surface area contributed by atoms with Gasteiger partial charge in [0.25, 0.3) is 5.56 Å². The molecule has 0 spiro atoms. The van der Waals surface area contributed by atoms with Gasteiger partial charge in [-0.3, -0.25) is 9.59 Å². The molecule has 1 aromatic rings. The highest BCUT2D eigenvalue weighted by molar-refractivity contribution is 5.77. The van der Waals surface area contributed by atoms with E-state index >= 15 is 0 Å². The van der Waals surface area contributed by atoms with Gasteiger partial charge in [-0.25, -0.2) is 4.68 Å². The van der Waals surface area contributed by atoms with Crippen LogP contribution < -0.4 is 10.9 Å². The van der Waals surface area contributed by atoms with E-state index in [0.717, 1.165) is 36.9 Å². The monoisotopic (exact) mass is 279 g/mol. The Labute approximate surface area is 118 Å². The largest absolute Gasteiger partial charge is 0.372 e. The maximum absolute atomic E-state index is 11.9. The van der Waals surface area contributed by atoms with E-state index in [1.165, 1.54) is 4.68 Å². The Morgan fingerprint density at radius 1 is 1.45 bits per heavy atom. The van der Waals surface area contributed by atoms with Crippen molar-refractivity contribution in [1.82, 2.24) is 15.1 Å². The molecule has 0 atom stereocenters. The first kappa shape index (κ1) is 14.7. The molecule has 0 bridgehead atoms. The van der Waals surface area contributed by atoms with Gasteiger partial charge in [0.15, 0.2) is 0 Å². The van der Waals surface area contributed by atoms with E-state index in [1.807, 2.05) is 6.92 Å². The van der Waals surface area contributed by atoms with Crippen LogP contribution in [0.15, 0.2) is 10.9 Å². The number of carbonyl (C=O) groups is 1. The zero-order valence-corrected chi connectivity index (χ0v) is 11.9. The molecule has 0 saturated carbocycles. The third kappa shape index (κ3) is 3.90. The van der Waals surface area contributed by atoms with Gasteiger partial charge in [-0.15, -0.1) is 0 Å². The first-order valence-corrected chi connectivity index (χ1v) is 7.15. The van der Waals surface area contributed by atoms with Gasteiger partial charge in [-0.05, 0) is 38.2 Å². The van der Waals surface area contributed by atoms with Crippen molar-refractivity contribution in [2.75, 3.05) is 19.8 Å². The fraction of sp³-hybridized carbons (Fsp3) is 0.643. The fourth-order valence-electron chi connectivity index (χ4n) is 2.31. The van der Waals surface area contributed by atoms with Gasteiger partial charge in [0.1, 0.15) is 6.61 Å². The highest BCUT2D eigenvalue weighted by Crippen LogP contribution is 2.16. The molecule has 6 nitrogen and oxygen atoms in total. The van der Waals surface area contributed by atoms with Gasteiger partial charge in [0.2, 0.25) is 5.91 Å². The number of ether oxygens (including phenoxy) is 1. The summed E-state index contributed by atoms with van der Waals surface area (Å²) in [5.41, 5.74) is 2.01. The summed E-state index contributed by atoms with van der Waals surface area (Å²) in [6.07, 6.45) is 4.14. The first-order valence-electron chi connectivity index (χ1n) is 7.15. The Balaban J connectivity index is 1.90. The zero-order chi connectivity index (χ0) is 14.4. The molecule has 1 aliphatic carbocycles. The van der Waals surface area contributed by atoms with Crippen LogP contribution in [-0.4, -0.2) is 35.4 Å². The van der Waals surface area contributed by atoms with Crippen molar-refractivity contribution in [2.45, 2.75) is 39.2 Å². The second-order valence-corrected chi connectivity index (χ2v) is 4.87. The number of nitrogens with one attached hydrogen (secondary N) is 1. The summed E-state index contributed by atoms with van der Waals surface area (Å²) in [5, 5.41) is 7.10. The first-order chi connectivity index (χ1) is 9.70. The van der Waals surface area contributed by atoms with Crippen LogP contribution in [0.3, 0.4) is 0 Å². The van der Waals surface area contributed by atoms with Crippen molar-refractivity contribution >= 4 is 5.91 Å². The predicted molar refractivity (Wildman–Crippen MR) is 74.6 cm³/mol. The Morgan fingerprint density at radius 3 is 3.05 bits per heavy atom. The number of hydrogen-bond donors (Lipinski definition) is 1. The minimum absolute atomic E-state index is 0.0585. The van der Waals surface area contributed by atoms with E-state index in [1.54, 1.807) is 6.07 Å². The third-order valence-electron chi connectivity index (χ3n) is 3.36. The molecule has 1 aliphatic rings. The molecule has 0 unspecified atom stereocenters. The maximum Gasteiger partial charge on any atom is 0.267 e. The normalized spacial score (nSPS) is 13.8. The van der Waals surface area contributed by atoms with Gasteiger partial charge in [0.05, 0.1) is 12.2 Å². The van der Waals surface area contributed by atoms with Gasteiger partial charge in [0, 0.05) is 19.2 Å². The molecule has 0 saturated heterocycles. The average Bonchev–Trinajstić information content (AvgIpc) is 2.45. The molecule has 1 heterocycles. The lowest BCUT2D eigenvalue weighted by atomic mass is 9.97. The summed E-state index contributed by atoms with van der Waals surface area (Å²) in [5.74, 6) is -0.169. The molecule has 110 valence electrons. The van der Waals surface area contributed by atoms with Crippen LogP contribution >= 0.6 is 0 Å². The Bertz CT molecular complexity index is 525. The number of fused-ring (bicyclic) bond motifs is 1. The molecule has 0 aromatic carbocycles. The van der Waals surface area contributed by atoms with Crippen molar-refractivity contribution < 1.29 is 9.53 Å². The van der Waals surface area contributed by atoms with Crippen LogP contribution in [-0.2, 0) is 28.9 Å². The Kier molecular flexibility index (Phi) is 5.29. The van der Waals surface area contributed by atoms with Gasteiger partial charge in [-0.2, -0.15) is 5.10 Å². The van der Waals surface area contributed by atoms with Crippen molar-refractivity contribution in [3.05, 3.63) is 27.7 Å². The summed E-state index contributed by atoms with van der Waals surface area (Å²) >= 11 is 0. The molecule has 1 aromatic heterocycles. The highest BCUT2D eigenvalue weighted by Gasteiger charge is 2.13. The summed E-state index contributed by atoms with van der Waals surface area (Å²) < 4.78 is 6.44. The summed E-state index contributed by atoms with van der Waals surface area (Å²) in [7, 11) is 0. The number of carbonyl (C=O) groups excluding carboxylic acids is 1. The Hall–Kier alpha value is -1.69. The zero-order valence-electron chi connectivity index (χ0n) is 11.9. The van der Waals surface area contributed by atoms with E-state index < -0.39 is 0 Å². The lowest BCUT2D eigenvalue weighted by molar-refractivity contribution is -0.125. The number of hydrogen-bond acceptors (Lipinski definition) is 4. The molecule has 6 heteroatoms. The van der Waals surface area contributed by atoms with Crippen LogP contribution in [0, 0.1) is 0 Å². The lowest BCUT2D eigenvalue weighted by Gasteiger charge is -2.16. The Morgan fingerprint density at radius 2 is 2.25 bits per heavy atom. The molecule has 0 radical (unpaired) electrons. The van der Waals surface area contributed by atoms with Crippen molar-refractivity contribution in [2.24, 2.45) is 0 Å². The summed E-state index contributed by atoms with van der Waals surface area (Å²) in [4.78, 5) is 23.3. The summed E-state index contributed by atoms with van der Waals surface area (Å²) in [6.45, 7) is 3.19. The van der Waals surface area contributed by atoms with Crippen molar-refractivity contribution in [3.63, 3.8) is 0 Å². The SMILES string of the molecule is CCOCC(=O)NCCn1nc2c(cc1=O)CCCC2. The fourth-order valence-corrected chi connectivity index (χ4v) is 2.31. The number of amides is 1. The van der Waals surface area contributed by atoms with Crippen LogP contribution in [0.1, 0.15) is 31.0 Å². The molecule has 0 aliphatic heterocycles. The van der Waals surface area contributed by atoms with Gasteiger partial charge in [-0.1, -0.05) is 0 Å². The van der Waals surface area contributed by atoms with Gasteiger partial charge < -0.3 is 10.1 Å². The minimum Gasteiger partial charge on any atom is -0.372 e. The molecular weight excluding hydrogens is 258 g/mol. The third-order valence-corrected chi connectivity index (χ3v) is 3.36. The molecule has 1 N–H and O–H groups in total. The molecule has 1 amide bonds. The highest BCUT2D eigenvalue weighted by atomic mass is 16.5. The number of nitrogens with zero attached hydrogens (tertiary/aromatic N) is 2. The van der Waals surface area contributed by atoms with Gasteiger partial charge >= 0.3 is 0 Å². The topological polar surface area (TPSA) is 73.2 Å². The second kappa shape index (κ2) is 7.19. The van der Waals surface area contributed by atoms with E-state index in [9.17, 15) is 9.59 Å². The van der Waals surface area contributed by atoms with E-state index in [0.29, 0.717) is 19.7 Å². The van der Waals surface area contributed by atoms with Crippen LogP contribution in [0.2, 0.25) is 0 Å². The van der Waals surface area contributed by atoms with Crippen LogP contribution in [0.25, 0.3) is 0 Å². The summed E-state index contributed by atoms with van der Waals surface area (Å²) in [6, 6.07) is 1.68. The average molecular weight is 279 g/mol. The second-order valence-electron chi connectivity index (χ2n) is 4.87. The molecule has 20 heavy (non-hydrogen) atoms. The van der Waals surface area contributed by atoms with E-state index in [4.69, 9.17) is 4.74 Å². The molecule has 0 fully saturated rings. The molecular formula is C14H21N3O3. The number of rotatable bonds is 6. The lowest BCUT2D eigenvalue weighted by Crippen LogP contribution is -2.34. The van der Waals surface area contributed by atoms with Crippen LogP contribution in [0.5, 0.6) is 0 Å².